The monoisotopic (exact) mass is 306 g/mol. The van der Waals surface area contributed by atoms with Crippen LogP contribution in [-0.2, 0) is 6.54 Å². The van der Waals surface area contributed by atoms with Crippen molar-refractivity contribution in [3.8, 4) is 5.75 Å². The highest BCUT2D eigenvalue weighted by Gasteiger charge is 2.21. The lowest BCUT2D eigenvalue weighted by atomic mass is 10.2. The number of ether oxygens (including phenoxy) is 1. The molecule has 112 valence electrons. The summed E-state index contributed by atoms with van der Waals surface area (Å²) < 4.78 is 5.53. The molecule has 0 fully saturated rings. The zero-order valence-corrected chi connectivity index (χ0v) is 13.1. The van der Waals surface area contributed by atoms with Crippen molar-refractivity contribution in [1.82, 2.24) is 0 Å². The van der Waals surface area contributed by atoms with Crippen molar-refractivity contribution in [1.29, 1.82) is 0 Å². The zero-order valence-electron chi connectivity index (χ0n) is 12.3. The quantitative estimate of drug-likeness (QED) is 0.636. The van der Waals surface area contributed by atoms with Crippen molar-refractivity contribution in [2.75, 3.05) is 5.32 Å². The summed E-state index contributed by atoms with van der Waals surface area (Å²) in [7, 11) is 0. The number of hydrogen-bond donors (Lipinski definition) is 1. The number of para-hydroxylation sites is 1. The fourth-order valence-corrected chi connectivity index (χ4v) is 2.81. The first-order chi connectivity index (χ1) is 9.99. The van der Waals surface area contributed by atoms with Crippen LogP contribution >= 0.6 is 11.3 Å². The maximum absolute atomic E-state index is 11.3. The van der Waals surface area contributed by atoms with E-state index in [-0.39, 0.29) is 11.8 Å². The molecule has 5 nitrogen and oxygen atoms in total. The zero-order chi connectivity index (χ0) is 15.4. The number of nitro groups is 1. The molecule has 0 aliphatic rings. The van der Waals surface area contributed by atoms with Gasteiger partial charge >= 0.3 is 5.69 Å². The Morgan fingerprint density at radius 3 is 2.71 bits per heavy atom. The van der Waals surface area contributed by atoms with E-state index in [1.54, 1.807) is 29.5 Å². The second kappa shape index (κ2) is 6.58. The lowest BCUT2D eigenvalue weighted by Gasteiger charge is -2.13. The molecule has 0 saturated carbocycles. The largest absolute Gasteiger partial charge is 0.484 e. The van der Waals surface area contributed by atoms with Crippen LogP contribution in [0.3, 0.4) is 0 Å². The van der Waals surface area contributed by atoms with E-state index < -0.39 is 4.92 Å². The number of benzene rings is 1. The molecule has 0 saturated heterocycles. The Labute approximate surface area is 127 Å². The highest BCUT2D eigenvalue weighted by Crippen LogP contribution is 2.35. The molecular weight excluding hydrogens is 288 g/mol. The molecule has 0 aliphatic heterocycles. The van der Waals surface area contributed by atoms with Crippen molar-refractivity contribution < 1.29 is 9.66 Å². The van der Waals surface area contributed by atoms with E-state index in [0.717, 1.165) is 0 Å². The maximum Gasteiger partial charge on any atom is 0.333 e. The van der Waals surface area contributed by atoms with E-state index in [1.807, 2.05) is 32.2 Å². The van der Waals surface area contributed by atoms with Crippen LogP contribution in [0, 0.1) is 17.0 Å². The normalized spacial score (nSPS) is 10.7. The van der Waals surface area contributed by atoms with E-state index in [4.69, 9.17) is 4.74 Å². The van der Waals surface area contributed by atoms with E-state index in [2.05, 4.69) is 5.32 Å². The number of aryl methyl sites for hydroxylation is 1. The van der Waals surface area contributed by atoms with E-state index >= 15 is 0 Å². The summed E-state index contributed by atoms with van der Waals surface area (Å²) in [5.41, 5.74) is 1.65. The van der Waals surface area contributed by atoms with Crippen LogP contribution in [0.1, 0.15) is 24.3 Å². The molecule has 1 aromatic carbocycles. The molecule has 0 aliphatic carbocycles. The van der Waals surface area contributed by atoms with Gasteiger partial charge in [0.15, 0.2) is 5.75 Å². The fourth-order valence-electron chi connectivity index (χ4n) is 1.96. The van der Waals surface area contributed by atoms with Gasteiger partial charge in [0.25, 0.3) is 0 Å². The molecule has 2 rings (SSSR count). The molecular formula is C15H18N2O3S. The number of hydrogen-bond acceptors (Lipinski definition) is 5. The fraction of sp³-hybridized carbons (Fsp3) is 0.333. The third kappa shape index (κ3) is 3.72. The Balaban J connectivity index is 2.26. The predicted octanol–water partition coefficient (Wildman–Crippen LogP) is 4.36. The molecule has 0 radical (unpaired) electrons. The van der Waals surface area contributed by atoms with Gasteiger partial charge in [0.1, 0.15) is 5.69 Å². The van der Waals surface area contributed by atoms with Crippen LogP contribution in [-0.4, -0.2) is 11.0 Å². The minimum absolute atomic E-state index is 0.0135. The molecule has 1 N–H and O–H groups in total. The first kappa shape index (κ1) is 15.3. The van der Waals surface area contributed by atoms with Gasteiger partial charge in [-0.1, -0.05) is 6.07 Å². The number of anilines is 1. The van der Waals surface area contributed by atoms with Gasteiger partial charge in [-0.05, 0) is 49.9 Å². The number of thiophene rings is 1. The van der Waals surface area contributed by atoms with E-state index in [1.165, 1.54) is 10.4 Å². The molecule has 1 heterocycles. The first-order valence-corrected chi connectivity index (χ1v) is 7.58. The SMILES string of the molecule is Cc1ccsc1CNc1cccc(OC(C)C)c1[N+](=O)[O-]. The topological polar surface area (TPSA) is 64.4 Å². The van der Waals surface area contributed by atoms with Gasteiger partial charge in [-0.3, -0.25) is 10.1 Å². The maximum atomic E-state index is 11.3. The van der Waals surface area contributed by atoms with Gasteiger partial charge in [0, 0.05) is 11.4 Å². The number of nitrogens with one attached hydrogen (secondary N) is 1. The third-order valence-electron chi connectivity index (χ3n) is 2.95. The number of rotatable bonds is 6. The second-order valence-electron chi connectivity index (χ2n) is 4.96. The highest BCUT2D eigenvalue weighted by atomic mass is 32.1. The molecule has 0 unspecified atom stereocenters. The summed E-state index contributed by atoms with van der Waals surface area (Å²) >= 11 is 1.63. The summed E-state index contributed by atoms with van der Waals surface area (Å²) in [6.07, 6.45) is -0.113. The Hall–Kier alpha value is -2.08. The molecule has 0 amide bonds. The van der Waals surface area contributed by atoms with Crippen molar-refractivity contribution >= 4 is 22.7 Å². The second-order valence-corrected chi connectivity index (χ2v) is 5.96. The molecule has 0 atom stereocenters. The van der Waals surface area contributed by atoms with Gasteiger partial charge in [0.05, 0.1) is 11.0 Å². The minimum Gasteiger partial charge on any atom is -0.484 e. The number of nitrogens with zero attached hydrogens (tertiary/aromatic N) is 1. The molecule has 6 heteroatoms. The predicted molar refractivity (Wildman–Crippen MR) is 85.2 cm³/mol. The smallest absolute Gasteiger partial charge is 0.333 e. The average Bonchev–Trinajstić information content (AvgIpc) is 2.81. The summed E-state index contributed by atoms with van der Waals surface area (Å²) in [6.45, 7) is 6.29. The highest BCUT2D eigenvalue weighted by molar-refractivity contribution is 7.10. The van der Waals surface area contributed by atoms with Crippen molar-refractivity contribution in [3.05, 3.63) is 50.2 Å². The van der Waals surface area contributed by atoms with Crippen LogP contribution in [0.2, 0.25) is 0 Å². The lowest BCUT2D eigenvalue weighted by Crippen LogP contribution is -2.09. The van der Waals surface area contributed by atoms with Gasteiger partial charge in [-0.2, -0.15) is 0 Å². The Bertz CT molecular complexity index is 638. The Morgan fingerprint density at radius 1 is 1.38 bits per heavy atom. The summed E-state index contributed by atoms with van der Waals surface area (Å²) in [5.74, 6) is 0.294. The average molecular weight is 306 g/mol. The van der Waals surface area contributed by atoms with Gasteiger partial charge in [-0.15, -0.1) is 11.3 Å². The Kier molecular flexibility index (Phi) is 4.80. The minimum atomic E-state index is -0.401. The lowest BCUT2D eigenvalue weighted by molar-refractivity contribution is -0.385. The molecule has 0 bridgehead atoms. The van der Waals surface area contributed by atoms with E-state index in [9.17, 15) is 10.1 Å². The summed E-state index contributed by atoms with van der Waals surface area (Å²) in [6, 6.07) is 7.12. The van der Waals surface area contributed by atoms with Gasteiger partial charge in [0.2, 0.25) is 0 Å². The van der Waals surface area contributed by atoms with Crippen LogP contribution in [0.25, 0.3) is 0 Å². The van der Waals surface area contributed by atoms with Crippen LogP contribution in [0.5, 0.6) is 5.75 Å². The Morgan fingerprint density at radius 2 is 2.14 bits per heavy atom. The standard InChI is InChI=1S/C15H18N2O3S/c1-10(2)20-13-6-4-5-12(15(13)17(18)19)16-9-14-11(3)7-8-21-14/h4-8,10,16H,9H2,1-3H3. The van der Waals surface area contributed by atoms with Crippen molar-refractivity contribution in [2.24, 2.45) is 0 Å². The summed E-state index contributed by atoms with van der Waals surface area (Å²) in [5, 5.41) is 16.5. The van der Waals surface area contributed by atoms with Gasteiger partial charge in [-0.25, -0.2) is 0 Å². The van der Waals surface area contributed by atoms with Gasteiger partial charge < -0.3 is 10.1 Å². The van der Waals surface area contributed by atoms with Crippen LogP contribution in [0.15, 0.2) is 29.6 Å². The molecule has 21 heavy (non-hydrogen) atoms. The molecule has 1 aromatic heterocycles. The van der Waals surface area contributed by atoms with E-state index in [0.29, 0.717) is 18.0 Å². The summed E-state index contributed by atoms with van der Waals surface area (Å²) in [4.78, 5) is 12.1. The molecule has 2 aromatic rings. The number of nitro benzene ring substituents is 1. The van der Waals surface area contributed by atoms with Crippen molar-refractivity contribution in [3.63, 3.8) is 0 Å². The van der Waals surface area contributed by atoms with Crippen LogP contribution < -0.4 is 10.1 Å². The van der Waals surface area contributed by atoms with Crippen LogP contribution in [0.4, 0.5) is 11.4 Å². The first-order valence-electron chi connectivity index (χ1n) is 6.70. The third-order valence-corrected chi connectivity index (χ3v) is 3.97. The molecule has 0 spiro atoms. The van der Waals surface area contributed by atoms with Crippen molar-refractivity contribution in [2.45, 2.75) is 33.4 Å².